The zero-order chi connectivity index (χ0) is 11.0. The van der Waals surface area contributed by atoms with Crippen molar-refractivity contribution in [1.29, 1.82) is 5.26 Å². The molecule has 0 spiro atoms. The van der Waals surface area contributed by atoms with Gasteiger partial charge in [-0.3, -0.25) is 4.79 Å². The van der Waals surface area contributed by atoms with E-state index >= 15 is 0 Å². The van der Waals surface area contributed by atoms with Crippen LogP contribution >= 0.6 is 15.9 Å². The van der Waals surface area contributed by atoms with E-state index in [0.717, 1.165) is 0 Å². The molecule has 0 fully saturated rings. The number of nitrogens with zero attached hydrogens (tertiary/aromatic N) is 3. The van der Waals surface area contributed by atoms with E-state index in [2.05, 4.69) is 27.1 Å². The fourth-order valence-electron chi connectivity index (χ4n) is 1.44. The summed E-state index contributed by atoms with van der Waals surface area (Å²) in [6.07, 6.45) is 1.53. The maximum Gasteiger partial charge on any atom is 0.244 e. The van der Waals surface area contributed by atoms with Gasteiger partial charge in [-0.25, -0.2) is 4.68 Å². The summed E-state index contributed by atoms with van der Waals surface area (Å²) in [7, 11) is 0. The number of carbonyl (C=O) groups excluding carboxylic acids is 1. The molecule has 0 N–H and O–H groups in total. The summed E-state index contributed by atoms with van der Waals surface area (Å²) < 4.78 is 1.99. The highest BCUT2D eigenvalue weighted by atomic mass is 79.9. The van der Waals surface area contributed by atoms with Gasteiger partial charge in [-0.1, -0.05) is 0 Å². The number of carbonyl (C=O) groups is 1. The van der Waals surface area contributed by atoms with Gasteiger partial charge in [0.1, 0.15) is 6.07 Å². The van der Waals surface area contributed by atoms with Gasteiger partial charge in [0, 0.05) is 16.8 Å². The molecule has 74 valence electrons. The third-order valence-electron chi connectivity index (χ3n) is 2.11. The lowest BCUT2D eigenvalue weighted by atomic mass is 10.1. The van der Waals surface area contributed by atoms with E-state index in [1.807, 2.05) is 0 Å². The summed E-state index contributed by atoms with van der Waals surface area (Å²) in [6, 6.07) is 5.58. The molecule has 5 heteroatoms. The number of benzene rings is 1. The standard InChI is InChI=1S/C10H6BrN3O/c1-6(15)14-10-3-2-9(11)7(4-12)8(10)5-13-14/h2-3,5H,1H3. The molecular formula is C10H6BrN3O. The van der Waals surface area contributed by atoms with Gasteiger partial charge < -0.3 is 0 Å². The third kappa shape index (κ3) is 1.43. The number of hydrogen-bond donors (Lipinski definition) is 0. The van der Waals surface area contributed by atoms with Crippen molar-refractivity contribution >= 4 is 32.7 Å². The molecule has 0 aliphatic carbocycles. The maximum atomic E-state index is 11.2. The summed E-state index contributed by atoms with van der Waals surface area (Å²) in [5, 5.41) is 13.6. The minimum absolute atomic E-state index is 0.170. The summed E-state index contributed by atoms with van der Waals surface area (Å²) in [5.41, 5.74) is 1.15. The number of halogens is 1. The van der Waals surface area contributed by atoms with E-state index < -0.39 is 0 Å². The SMILES string of the molecule is CC(=O)n1ncc2c(C#N)c(Br)ccc21. The second-order valence-electron chi connectivity index (χ2n) is 3.04. The van der Waals surface area contributed by atoms with E-state index in [1.54, 1.807) is 12.1 Å². The van der Waals surface area contributed by atoms with Gasteiger partial charge in [-0.05, 0) is 28.1 Å². The van der Waals surface area contributed by atoms with Crippen molar-refractivity contribution < 1.29 is 4.79 Å². The molecule has 0 bridgehead atoms. The minimum Gasteiger partial charge on any atom is -0.273 e. The minimum atomic E-state index is -0.170. The fourth-order valence-corrected chi connectivity index (χ4v) is 1.87. The van der Waals surface area contributed by atoms with Gasteiger partial charge >= 0.3 is 0 Å². The molecule has 0 aliphatic heterocycles. The van der Waals surface area contributed by atoms with Crippen LogP contribution in [0.25, 0.3) is 10.9 Å². The van der Waals surface area contributed by atoms with Gasteiger partial charge in [0.05, 0.1) is 17.3 Å². The summed E-state index contributed by atoms with van der Waals surface area (Å²) in [6.45, 7) is 1.43. The van der Waals surface area contributed by atoms with Crippen molar-refractivity contribution in [3.8, 4) is 6.07 Å². The van der Waals surface area contributed by atoms with Crippen LogP contribution in [0.5, 0.6) is 0 Å². The number of hydrogen-bond acceptors (Lipinski definition) is 3. The van der Waals surface area contributed by atoms with Crippen molar-refractivity contribution in [2.75, 3.05) is 0 Å². The Morgan fingerprint density at radius 1 is 1.60 bits per heavy atom. The Kier molecular flexibility index (Phi) is 2.29. The largest absolute Gasteiger partial charge is 0.273 e. The van der Waals surface area contributed by atoms with Gasteiger partial charge in [0.2, 0.25) is 5.91 Å². The number of nitriles is 1. The van der Waals surface area contributed by atoms with Gasteiger partial charge in [0.15, 0.2) is 0 Å². The Hall–Kier alpha value is -1.67. The Morgan fingerprint density at radius 2 is 2.33 bits per heavy atom. The van der Waals surface area contributed by atoms with E-state index in [-0.39, 0.29) is 5.91 Å². The monoisotopic (exact) mass is 263 g/mol. The van der Waals surface area contributed by atoms with Crippen molar-refractivity contribution in [3.63, 3.8) is 0 Å². The van der Waals surface area contributed by atoms with Crippen LogP contribution in [0, 0.1) is 11.3 Å². The lowest BCUT2D eigenvalue weighted by molar-refractivity contribution is 0.0927. The molecule has 4 nitrogen and oxygen atoms in total. The average Bonchev–Trinajstić information content (AvgIpc) is 2.61. The molecule has 1 aromatic heterocycles. The van der Waals surface area contributed by atoms with Gasteiger partial charge in [0.25, 0.3) is 0 Å². The van der Waals surface area contributed by atoms with E-state index in [4.69, 9.17) is 5.26 Å². The van der Waals surface area contributed by atoms with E-state index in [0.29, 0.717) is 20.9 Å². The Labute approximate surface area is 94.2 Å². The molecule has 2 rings (SSSR count). The molecule has 1 aromatic carbocycles. The fraction of sp³-hybridized carbons (Fsp3) is 0.100. The Morgan fingerprint density at radius 3 is 2.93 bits per heavy atom. The first kappa shape index (κ1) is 9.87. The first-order valence-electron chi connectivity index (χ1n) is 4.22. The second kappa shape index (κ2) is 3.48. The number of fused-ring (bicyclic) bond motifs is 1. The molecule has 0 amide bonds. The molecule has 0 atom stereocenters. The zero-order valence-corrected chi connectivity index (χ0v) is 9.45. The maximum absolute atomic E-state index is 11.2. The normalized spacial score (nSPS) is 10.2. The van der Waals surface area contributed by atoms with E-state index in [1.165, 1.54) is 17.8 Å². The highest BCUT2D eigenvalue weighted by Gasteiger charge is 2.11. The van der Waals surface area contributed by atoms with Crippen molar-refractivity contribution in [2.45, 2.75) is 6.92 Å². The summed E-state index contributed by atoms with van der Waals surface area (Å²) >= 11 is 3.28. The van der Waals surface area contributed by atoms with Crippen LogP contribution in [0.2, 0.25) is 0 Å². The summed E-state index contributed by atoms with van der Waals surface area (Å²) in [4.78, 5) is 11.2. The quantitative estimate of drug-likeness (QED) is 0.733. The third-order valence-corrected chi connectivity index (χ3v) is 2.77. The van der Waals surface area contributed by atoms with Crippen LogP contribution in [0.3, 0.4) is 0 Å². The average molecular weight is 264 g/mol. The molecule has 0 aliphatic rings. The molecule has 2 aromatic rings. The predicted molar refractivity (Wildman–Crippen MR) is 58.4 cm³/mol. The van der Waals surface area contributed by atoms with Crippen LogP contribution < -0.4 is 0 Å². The van der Waals surface area contributed by atoms with Crippen molar-refractivity contribution in [1.82, 2.24) is 9.78 Å². The molecule has 0 saturated carbocycles. The molecule has 0 radical (unpaired) electrons. The molecule has 0 saturated heterocycles. The Bertz CT molecular complexity index is 594. The van der Waals surface area contributed by atoms with Crippen molar-refractivity contribution in [3.05, 3.63) is 28.4 Å². The molecule has 15 heavy (non-hydrogen) atoms. The molecule has 0 unspecified atom stereocenters. The topological polar surface area (TPSA) is 58.7 Å². The number of aromatic nitrogens is 2. The Balaban J connectivity index is 2.88. The smallest absolute Gasteiger partial charge is 0.244 e. The van der Waals surface area contributed by atoms with Crippen LogP contribution in [-0.2, 0) is 0 Å². The van der Waals surface area contributed by atoms with Crippen LogP contribution in [0.4, 0.5) is 0 Å². The summed E-state index contributed by atoms with van der Waals surface area (Å²) in [5.74, 6) is -0.170. The number of rotatable bonds is 0. The van der Waals surface area contributed by atoms with Crippen molar-refractivity contribution in [2.24, 2.45) is 0 Å². The zero-order valence-electron chi connectivity index (χ0n) is 7.86. The van der Waals surface area contributed by atoms with Gasteiger partial charge in [-0.2, -0.15) is 10.4 Å². The van der Waals surface area contributed by atoms with Crippen LogP contribution in [0.15, 0.2) is 22.8 Å². The van der Waals surface area contributed by atoms with Crippen LogP contribution in [-0.4, -0.2) is 15.7 Å². The first-order chi connectivity index (χ1) is 7.15. The lowest BCUT2D eigenvalue weighted by Gasteiger charge is -1.99. The molecular weight excluding hydrogens is 258 g/mol. The predicted octanol–water partition coefficient (Wildman–Crippen LogP) is 2.33. The lowest BCUT2D eigenvalue weighted by Crippen LogP contribution is -2.06. The highest BCUT2D eigenvalue weighted by Crippen LogP contribution is 2.25. The van der Waals surface area contributed by atoms with Crippen LogP contribution in [0.1, 0.15) is 17.3 Å². The molecule has 1 heterocycles. The van der Waals surface area contributed by atoms with Gasteiger partial charge in [-0.15, -0.1) is 0 Å². The second-order valence-corrected chi connectivity index (χ2v) is 3.90. The highest BCUT2D eigenvalue weighted by molar-refractivity contribution is 9.10. The first-order valence-corrected chi connectivity index (χ1v) is 5.01. The van der Waals surface area contributed by atoms with E-state index in [9.17, 15) is 4.79 Å².